The van der Waals surface area contributed by atoms with Crippen LogP contribution >= 0.6 is 0 Å². The van der Waals surface area contributed by atoms with Crippen LogP contribution in [-0.2, 0) is 19.1 Å². The molecule has 2 fully saturated rings. The molecule has 18 heavy (non-hydrogen) atoms. The summed E-state index contributed by atoms with van der Waals surface area (Å²) in [7, 11) is 0. The van der Waals surface area contributed by atoms with Crippen LogP contribution in [0, 0.1) is 0 Å². The number of ether oxygens (including phenoxy) is 1. The summed E-state index contributed by atoms with van der Waals surface area (Å²) in [6.45, 7) is 2.10. The molecule has 7 heteroatoms. The van der Waals surface area contributed by atoms with Crippen LogP contribution in [0.5, 0.6) is 0 Å². The zero-order valence-electron chi connectivity index (χ0n) is 10.1. The average Bonchev–Trinajstić information content (AvgIpc) is 2.78. The topological polar surface area (TPSA) is 87.7 Å². The van der Waals surface area contributed by atoms with Crippen LogP contribution in [-0.4, -0.2) is 61.5 Å². The predicted molar refractivity (Wildman–Crippen MR) is 61.6 cm³/mol. The van der Waals surface area contributed by atoms with Crippen LogP contribution in [0.2, 0.25) is 0 Å². The molecular weight excluding hydrogens is 238 g/mol. The number of carbonyl (C=O) groups is 3. The summed E-state index contributed by atoms with van der Waals surface area (Å²) >= 11 is 0. The van der Waals surface area contributed by atoms with Crippen molar-refractivity contribution in [2.75, 3.05) is 32.8 Å². The third-order valence-electron chi connectivity index (χ3n) is 3.08. The van der Waals surface area contributed by atoms with Gasteiger partial charge in [-0.25, -0.2) is 0 Å². The quantitative estimate of drug-likeness (QED) is 0.623. The van der Waals surface area contributed by atoms with E-state index in [-0.39, 0.29) is 24.3 Å². The van der Waals surface area contributed by atoms with Gasteiger partial charge in [0.2, 0.25) is 17.7 Å². The van der Waals surface area contributed by atoms with E-state index in [4.69, 9.17) is 4.74 Å². The van der Waals surface area contributed by atoms with Gasteiger partial charge in [-0.3, -0.25) is 14.4 Å². The molecule has 2 rings (SSSR count). The van der Waals surface area contributed by atoms with Gasteiger partial charge in [-0.05, 0) is 6.42 Å². The molecule has 0 radical (unpaired) electrons. The van der Waals surface area contributed by atoms with Crippen LogP contribution in [0.25, 0.3) is 0 Å². The molecule has 0 aromatic heterocycles. The van der Waals surface area contributed by atoms with Crippen molar-refractivity contribution in [3.63, 3.8) is 0 Å². The van der Waals surface area contributed by atoms with E-state index in [0.29, 0.717) is 39.1 Å². The van der Waals surface area contributed by atoms with Crippen molar-refractivity contribution in [2.45, 2.75) is 18.9 Å². The van der Waals surface area contributed by atoms with Gasteiger partial charge in [0.25, 0.3) is 0 Å². The van der Waals surface area contributed by atoms with Crippen LogP contribution in [0.1, 0.15) is 12.8 Å². The second kappa shape index (κ2) is 5.81. The van der Waals surface area contributed by atoms with Crippen molar-refractivity contribution >= 4 is 17.7 Å². The SMILES string of the molecule is O=C1CCC(C(=O)NCCN2CCOCC2=O)N1. The van der Waals surface area contributed by atoms with Crippen LogP contribution in [0.4, 0.5) is 0 Å². The van der Waals surface area contributed by atoms with Crippen molar-refractivity contribution < 1.29 is 19.1 Å². The lowest BCUT2D eigenvalue weighted by atomic mass is 10.2. The lowest BCUT2D eigenvalue weighted by Gasteiger charge is -2.26. The summed E-state index contributed by atoms with van der Waals surface area (Å²) in [5.74, 6) is -0.315. The van der Waals surface area contributed by atoms with Crippen LogP contribution in [0.15, 0.2) is 0 Å². The van der Waals surface area contributed by atoms with Crippen molar-refractivity contribution in [2.24, 2.45) is 0 Å². The highest BCUT2D eigenvalue weighted by Crippen LogP contribution is 2.06. The normalized spacial score (nSPS) is 24.0. The van der Waals surface area contributed by atoms with Gasteiger partial charge in [-0.1, -0.05) is 0 Å². The Labute approximate surface area is 105 Å². The van der Waals surface area contributed by atoms with E-state index in [1.165, 1.54) is 0 Å². The van der Waals surface area contributed by atoms with E-state index >= 15 is 0 Å². The second-order valence-corrected chi connectivity index (χ2v) is 4.38. The number of rotatable bonds is 4. The molecule has 3 amide bonds. The number of hydrogen-bond donors (Lipinski definition) is 2. The molecule has 2 saturated heterocycles. The Morgan fingerprint density at radius 3 is 3.00 bits per heavy atom. The molecule has 1 atom stereocenters. The molecule has 2 heterocycles. The molecule has 0 spiro atoms. The smallest absolute Gasteiger partial charge is 0.248 e. The Bertz CT molecular complexity index is 358. The molecule has 7 nitrogen and oxygen atoms in total. The Kier molecular flexibility index (Phi) is 4.14. The Morgan fingerprint density at radius 2 is 2.33 bits per heavy atom. The number of nitrogens with zero attached hydrogens (tertiary/aromatic N) is 1. The minimum Gasteiger partial charge on any atom is -0.370 e. The van der Waals surface area contributed by atoms with Gasteiger partial charge < -0.3 is 20.3 Å². The summed E-state index contributed by atoms with van der Waals surface area (Å²) in [4.78, 5) is 35.7. The van der Waals surface area contributed by atoms with Gasteiger partial charge in [0, 0.05) is 26.1 Å². The standard InChI is InChI=1S/C11H17N3O4/c15-9-2-1-8(13-9)11(17)12-3-4-14-5-6-18-7-10(14)16/h8H,1-7H2,(H,12,17)(H,13,15). The summed E-state index contributed by atoms with van der Waals surface area (Å²) in [5.41, 5.74) is 0. The lowest BCUT2D eigenvalue weighted by molar-refractivity contribution is -0.142. The minimum absolute atomic E-state index is 0.0512. The average molecular weight is 255 g/mol. The maximum absolute atomic E-state index is 11.7. The first-order valence-corrected chi connectivity index (χ1v) is 6.09. The van der Waals surface area contributed by atoms with E-state index in [9.17, 15) is 14.4 Å². The highest BCUT2D eigenvalue weighted by molar-refractivity contribution is 5.90. The van der Waals surface area contributed by atoms with Crippen molar-refractivity contribution in [1.82, 2.24) is 15.5 Å². The third-order valence-corrected chi connectivity index (χ3v) is 3.08. The minimum atomic E-state index is -0.419. The first kappa shape index (κ1) is 12.8. The molecular formula is C11H17N3O4. The predicted octanol–water partition coefficient (Wildman–Crippen LogP) is -1.76. The van der Waals surface area contributed by atoms with Gasteiger partial charge in [-0.2, -0.15) is 0 Å². The molecule has 0 bridgehead atoms. The summed E-state index contributed by atoms with van der Waals surface area (Å²) in [5, 5.41) is 5.32. The van der Waals surface area contributed by atoms with E-state index in [0.717, 1.165) is 0 Å². The molecule has 0 aliphatic carbocycles. The lowest BCUT2D eigenvalue weighted by Crippen LogP contribution is -2.47. The number of carbonyl (C=O) groups excluding carboxylic acids is 3. The molecule has 0 aromatic carbocycles. The van der Waals surface area contributed by atoms with Crippen molar-refractivity contribution in [1.29, 1.82) is 0 Å². The molecule has 0 saturated carbocycles. The first-order chi connectivity index (χ1) is 8.66. The zero-order valence-corrected chi connectivity index (χ0v) is 10.1. The zero-order chi connectivity index (χ0) is 13.0. The fourth-order valence-corrected chi connectivity index (χ4v) is 2.03. The largest absolute Gasteiger partial charge is 0.370 e. The van der Waals surface area contributed by atoms with Gasteiger partial charge in [0.1, 0.15) is 12.6 Å². The van der Waals surface area contributed by atoms with E-state index < -0.39 is 6.04 Å². The number of amides is 3. The molecule has 2 N–H and O–H groups in total. The first-order valence-electron chi connectivity index (χ1n) is 6.09. The number of nitrogens with one attached hydrogen (secondary N) is 2. The van der Waals surface area contributed by atoms with Crippen LogP contribution in [0.3, 0.4) is 0 Å². The Balaban J connectivity index is 1.67. The van der Waals surface area contributed by atoms with E-state index in [1.807, 2.05) is 0 Å². The van der Waals surface area contributed by atoms with Gasteiger partial charge in [-0.15, -0.1) is 0 Å². The van der Waals surface area contributed by atoms with Crippen molar-refractivity contribution in [3.8, 4) is 0 Å². The van der Waals surface area contributed by atoms with Gasteiger partial charge in [0.15, 0.2) is 0 Å². The highest BCUT2D eigenvalue weighted by Gasteiger charge is 2.27. The summed E-state index contributed by atoms with van der Waals surface area (Å²) in [6, 6.07) is -0.419. The molecule has 0 aromatic rings. The maximum atomic E-state index is 11.7. The number of hydrogen-bond acceptors (Lipinski definition) is 4. The number of morpholine rings is 1. The highest BCUT2D eigenvalue weighted by atomic mass is 16.5. The molecule has 1 unspecified atom stereocenters. The fourth-order valence-electron chi connectivity index (χ4n) is 2.03. The summed E-state index contributed by atoms with van der Waals surface area (Å²) in [6.07, 6.45) is 0.946. The fraction of sp³-hybridized carbons (Fsp3) is 0.727. The second-order valence-electron chi connectivity index (χ2n) is 4.38. The Morgan fingerprint density at radius 1 is 1.50 bits per heavy atom. The van der Waals surface area contributed by atoms with Crippen molar-refractivity contribution in [3.05, 3.63) is 0 Å². The van der Waals surface area contributed by atoms with Gasteiger partial charge in [0.05, 0.1) is 6.61 Å². The molecule has 2 aliphatic rings. The molecule has 100 valence electrons. The van der Waals surface area contributed by atoms with E-state index in [2.05, 4.69) is 10.6 Å². The van der Waals surface area contributed by atoms with E-state index in [1.54, 1.807) is 4.90 Å². The third kappa shape index (κ3) is 3.19. The van der Waals surface area contributed by atoms with Gasteiger partial charge >= 0.3 is 0 Å². The maximum Gasteiger partial charge on any atom is 0.248 e. The summed E-state index contributed by atoms with van der Waals surface area (Å²) < 4.78 is 5.01. The Hall–Kier alpha value is -1.63. The molecule has 2 aliphatic heterocycles. The monoisotopic (exact) mass is 255 g/mol. The van der Waals surface area contributed by atoms with Crippen LogP contribution < -0.4 is 10.6 Å².